The molecule has 0 unspecified atom stereocenters. The lowest BCUT2D eigenvalue weighted by Gasteiger charge is -2.44. The Bertz CT molecular complexity index is 1800. The monoisotopic (exact) mass is 595 g/mol. The molecule has 43 heavy (non-hydrogen) atoms. The molecular weight excluding hydrogens is 562 g/mol. The van der Waals surface area contributed by atoms with Crippen molar-refractivity contribution in [1.82, 2.24) is 25.9 Å². The summed E-state index contributed by atoms with van der Waals surface area (Å²) in [5.41, 5.74) is 15.8. The number of rotatable bonds is 8. The molecular formula is C32H34ClN9O. The fourth-order valence-corrected chi connectivity index (χ4v) is 5.95. The molecule has 0 saturated heterocycles. The fraction of sp³-hybridized carbons (Fsp3) is 0.312. The summed E-state index contributed by atoms with van der Waals surface area (Å²) < 4.78 is 0. The van der Waals surface area contributed by atoms with Gasteiger partial charge in [-0.3, -0.25) is 19.8 Å². The summed E-state index contributed by atoms with van der Waals surface area (Å²) in [7, 11) is 0. The Morgan fingerprint density at radius 2 is 2.05 bits per heavy atom. The van der Waals surface area contributed by atoms with Crippen LogP contribution in [-0.2, 0) is 4.79 Å². The van der Waals surface area contributed by atoms with E-state index in [4.69, 9.17) is 17.3 Å². The van der Waals surface area contributed by atoms with Crippen LogP contribution in [0.15, 0.2) is 66.9 Å². The molecule has 6 rings (SSSR count). The van der Waals surface area contributed by atoms with Crippen LogP contribution in [0.5, 0.6) is 0 Å². The number of pyridine rings is 2. The minimum Gasteiger partial charge on any atom is -0.383 e. The number of aromatic nitrogens is 2. The highest BCUT2D eigenvalue weighted by atomic mass is 35.5. The van der Waals surface area contributed by atoms with E-state index in [1.165, 1.54) is 0 Å². The molecule has 1 atom stereocenters. The molecule has 1 amide bonds. The number of fused-ring (bicyclic) bond motifs is 2. The van der Waals surface area contributed by atoms with Crippen LogP contribution in [0.1, 0.15) is 57.2 Å². The Balaban J connectivity index is 1.46. The van der Waals surface area contributed by atoms with E-state index >= 15 is 0 Å². The predicted octanol–water partition coefficient (Wildman–Crippen LogP) is 5.49. The van der Waals surface area contributed by atoms with Gasteiger partial charge >= 0.3 is 0 Å². The van der Waals surface area contributed by atoms with Crippen molar-refractivity contribution in [1.29, 1.82) is 5.26 Å². The second-order valence-electron chi connectivity index (χ2n) is 12.4. The SMILES string of the molecule is CC(C)(C)CNc1c(C#N)cnc2c(Cl)cc(N[C@H](C3=CN(C4(C(N)=O)CCC4)NN3)c3cccc4cnccc34)cc12. The Kier molecular flexibility index (Phi) is 7.24. The van der Waals surface area contributed by atoms with Gasteiger partial charge in [-0.25, -0.2) is 0 Å². The summed E-state index contributed by atoms with van der Waals surface area (Å²) in [6.45, 7) is 7.05. The molecule has 1 saturated carbocycles. The van der Waals surface area contributed by atoms with Gasteiger partial charge in [0.05, 0.1) is 33.5 Å². The quantitative estimate of drug-likeness (QED) is 0.178. The van der Waals surface area contributed by atoms with Crippen LogP contribution in [0.3, 0.4) is 0 Å². The molecule has 2 aromatic heterocycles. The molecule has 0 radical (unpaired) electrons. The molecule has 0 spiro atoms. The number of halogens is 1. The van der Waals surface area contributed by atoms with Gasteiger partial charge in [0, 0.05) is 47.8 Å². The molecule has 1 aliphatic carbocycles. The maximum Gasteiger partial charge on any atom is 0.244 e. The molecule has 11 heteroatoms. The highest BCUT2D eigenvalue weighted by Gasteiger charge is 2.49. The number of anilines is 2. The van der Waals surface area contributed by atoms with E-state index in [9.17, 15) is 10.1 Å². The zero-order chi connectivity index (χ0) is 30.4. The lowest BCUT2D eigenvalue weighted by atomic mass is 9.75. The molecule has 6 N–H and O–H groups in total. The topological polar surface area (TPSA) is 144 Å². The van der Waals surface area contributed by atoms with Crippen molar-refractivity contribution in [3.63, 3.8) is 0 Å². The van der Waals surface area contributed by atoms with Crippen LogP contribution >= 0.6 is 11.6 Å². The van der Waals surface area contributed by atoms with Crippen molar-refractivity contribution in [3.8, 4) is 6.07 Å². The molecule has 4 aromatic rings. The van der Waals surface area contributed by atoms with Crippen molar-refractivity contribution in [3.05, 3.63) is 83.0 Å². The number of nitrogens with two attached hydrogens (primary N) is 1. The molecule has 1 fully saturated rings. The third-order valence-electron chi connectivity index (χ3n) is 8.18. The second kappa shape index (κ2) is 10.9. The standard InChI is InChI=1S/C32H34ClN9O/c1-31(2,3)18-38-27-20(14-34)16-37-28-24(27)12-21(13-25(28)33)39-29(23-7-4-6-19-15-36-11-8-22(19)23)26-17-42(41-40-26)32(30(35)43)9-5-10-32/h4,6-8,11-13,15-17,29,39-41H,5,9-10,18H2,1-3H3,(H2,35,43)(H,37,38)/t29-/m0/s1. The lowest BCUT2D eigenvalue weighted by molar-refractivity contribution is -0.136. The van der Waals surface area contributed by atoms with Crippen molar-refractivity contribution in [2.45, 2.75) is 51.6 Å². The Morgan fingerprint density at radius 3 is 2.74 bits per heavy atom. The zero-order valence-electron chi connectivity index (χ0n) is 24.3. The molecule has 3 heterocycles. The minimum absolute atomic E-state index is 0.0154. The summed E-state index contributed by atoms with van der Waals surface area (Å²) in [6, 6.07) is 13.8. The van der Waals surface area contributed by atoms with Crippen LogP contribution in [0.2, 0.25) is 5.02 Å². The molecule has 0 bridgehead atoms. The number of hydrogen-bond acceptors (Lipinski definition) is 9. The highest BCUT2D eigenvalue weighted by molar-refractivity contribution is 6.35. The van der Waals surface area contributed by atoms with Gasteiger partial charge in [0.25, 0.3) is 0 Å². The van der Waals surface area contributed by atoms with Gasteiger partial charge < -0.3 is 21.8 Å². The highest BCUT2D eigenvalue weighted by Crippen LogP contribution is 2.41. The zero-order valence-corrected chi connectivity index (χ0v) is 25.1. The van der Waals surface area contributed by atoms with Crippen molar-refractivity contribution in [2.75, 3.05) is 17.2 Å². The van der Waals surface area contributed by atoms with E-state index in [0.717, 1.165) is 39.5 Å². The first-order valence-corrected chi connectivity index (χ1v) is 14.7. The van der Waals surface area contributed by atoms with Gasteiger partial charge in [-0.05, 0) is 53.8 Å². The van der Waals surface area contributed by atoms with E-state index in [-0.39, 0.29) is 17.4 Å². The van der Waals surface area contributed by atoms with Gasteiger partial charge in [-0.15, -0.1) is 5.53 Å². The third-order valence-corrected chi connectivity index (χ3v) is 8.47. The fourth-order valence-electron chi connectivity index (χ4n) is 5.68. The normalized spacial score (nSPS) is 16.6. The maximum absolute atomic E-state index is 12.5. The molecule has 220 valence electrons. The van der Waals surface area contributed by atoms with Crippen LogP contribution in [0, 0.1) is 16.7 Å². The Hall–Kier alpha value is -4.59. The van der Waals surface area contributed by atoms with Crippen molar-refractivity contribution < 1.29 is 4.79 Å². The number of carbonyl (C=O) groups excluding carboxylic acids is 1. The number of primary amides is 1. The van der Waals surface area contributed by atoms with Crippen molar-refractivity contribution in [2.24, 2.45) is 11.1 Å². The second-order valence-corrected chi connectivity index (χ2v) is 12.8. The number of amides is 1. The summed E-state index contributed by atoms with van der Waals surface area (Å²) >= 11 is 6.82. The number of nitriles is 1. The van der Waals surface area contributed by atoms with E-state index in [1.807, 2.05) is 42.7 Å². The van der Waals surface area contributed by atoms with E-state index in [2.05, 4.69) is 64.5 Å². The Morgan fingerprint density at radius 1 is 1.23 bits per heavy atom. The van der Waals surface area contributed by atoms with E-state index < -0.39 is 5.54 Å². The predicted molar refractivity (Wildman–Crippen MR) is 169 cm³/mol. The molecule has 2 aromatic carbocycles. The minimum atomic E-state index is -0.777. The van der Waals surface area contributed by atoms with Gasteiger partial charge in [0.15, 0.2) is 0 Å². The van der Waals surface area contributed by atoms with Crippen LogP contribution in [0.25, 0.3) is 21.7 Å². The first kappa shape index (κ1) is 28.5. The summed E-state index contributed by atoms with van der Waals surface area (Å²) in [4.78, 5) is 21.3. The number of hydrogen-bond donors (Lipinski definition) is 5. The number of nitrogens with zero attached hydrogens (tertiary/aromatic N) is 4. The summed E-state index contributed by atoms with van der Waals surface area (Å²) in [5, 5.41) is 22.1. The molecule has 1 aliphatic heterocycles. The molecule has 10 nitrogen and oxygen atoms in total. The lowest BCUT2D eigenvalue weighted by Crippen LogP contribution is -2.63. The average Bonchev–Trinajstić information content (AvgIpc) is 3.43. The summed E-state index contributed by atoms with van der Waals surface area (Å²) in [5.74, 6) is -0.358. The smallest absolute Gasteiger partial charge is 0.244 e. The number of nitrogens with one attached hydrogen (secondary N) is 4. The number of hydrazine groups is 2. The van der Waals surface area contributed by atoms with E-state index in [0.29, 0.717) is 41.2 Å². The number of carbonyl (C=O) groups is 1. The van der Waals surface area contributed by atoms with Gasteiger partial charge in [0.1, 0.15) is 11.6 Å². The summed E-state index contributed by atoms with van der Waals surface area (Å²) in [6.07, 6.45) is 9.37. The average molecular weight is 596 g/mol. The van der Waals surface area contributed by atoms with Gasteiger partial charge in [-0.2, -0.15) is 5.26 Å². The van der Waals surface area contributed by atoms with Crippen molar-refractivity contribution >= 4 is 50.6 Å². The molecule has 2 aliphatic rings. The van der Waals surface area contributed by atoms with Crippen LogP contribution in [-0.4, -0.2) is 33.0 Å². The first-order chi connectivity index (χ1) is 20.6. The van der Waals surface area contributed by atoms with Crippen LogP contribution < -0.4 is 27.3 Å². The largest absolute Gasteiger partial charge is 0.383 e. The van der Waals surface area contributed by atoms with Crippen LogP contribution in [0.4, 0.5) is 11.4 Å². The third kappa shape index (κ3) is 5.26. The maximum atomic E-state index is 12.5. The Labute approximate surface area is 255 Å². The van der Waals surface area contributed by atoms with E-state index in [1.54, 1.807) is 17.4 Å². The first-order valence-electron chi connectivity index (χ1n) is 14.3. The van der Waals surface area contributed by atoms with Gasteiger partial charge in [0.2, 0.25) is 5.91 Å². The van der Waals surface area contributed by atoms with Gasteiger partial charge in [-0.1, -0.05) is 50.6 Å². The number of benzene rings is 2.